The van der Waals surface area contributed by atoms with Crippen LogP contribution in [0.25, 0.3) is 21.5 Å². The van der Waals surface area contributed by atoms with E-state index in [2.05, 4.69) is 159 Å². The molecule has 0 aliphatic heterocycles. The van der Waals surface area contributed by atoms with Crippen LogP contribution in [0.2, 0.25) is 13.1 Å². The van der Waals surface area contributed by atoms with E-state index >= 15 is 0 Å². The molecule has 0 spiro atoms. The summed E-state index contributed by atoms with van der Waals surface area (Å²) < 4.78 is 7.86. The monoisotopic (exact) mass is 510 g/mol. The molecular formula is C34H30OSi2. The van der Waals surface area contributed by atoms with Gasteiger partial charge in [-0.05, 0) is 55.4 Å². The van der Waals surface area contributed by atoms with E-state index < -0.39 is 16.6 Å². The Hall–Kier alpha value is -3.77. The molecule has 6 aromatic carbocycles. The van der Waals surface area contributed by atoms with Gasteiger partial charge in [-0.25, -0.2) is 0 Å². The van der Waals surface area contributed by atoms with E-state index in [1.54, 1.807) is 0 Å². The third-order valence-corrected chi connectivity index (χ3v) is 16.7. The minimum absolute atomic E-state index is 1.26. The van der Waals surface area contributed by atoms with Gasteiger partial charge in [-0.2, -0.15) is 0 Å². The van der Waals surface area contributed by atoms with Crippen LogP contribution in [0.15, 0.2) is 146 Å². The van der Waals surface area contributed by atoms with Crippen molar-refractivity contribution in [3.8, 4) is 0 Å². The number of hydrogen-bond donors (Lipinski definition) is 0. The standard InChI is InChI=1S/C34H30OSi2/c1-36(29-19-5-3-6-20-29,33-25-13-17-27-15-9-11-23-31(27)33)35-37(2,30-21-7-4-8-22-30)34-26-14-18-28-16-10-12-24-32(28)34/h3-26H,1-2H3/t36-,37-/m1/s1. The van der Waals surface area contributed by atoms with Crippen LogP contribution >= 0.6 is 0 Å². The lowest BCUT2D eigenvalue weighted by atomic mass is 10.1. The fourth-order valence-corrected chi connectivity index (χ4v) is 15.4. The third kappa shape index (κ3) is 4.15. The van der Waals surface area contributed by atoms with Gasteiger partial charge in [0.25, 0.3) is 0 Å². The highest BCUT2D eigenvalue weighted by atomic mass is 28.4. The Morgan fingerprint density at radius 1 is 0.378 bits per heavy atom. The van der Waals surface area contributed by atoms with Crippen LogP contribution in [0, 0.1) is 0 Å². The maximum absolute atomic E-state index is 7.86. The fraction of sp³-hybridized carbons (Fsp3) is 0.0588. The Labute approximate surface area is 221 Å². The lowest BCUT2D eigenvalue weighted by molar-refractivity contribution is 0.588. The summed E-state index contributed by atoms with van der Waals surface area (Å²) in [5.74, 6) is 0. The molecule has 6 aromatic rings. The second-order valence-electron chi connectivity index (χ2n) is 9.95. The van der Waals surface area contributed by atoms with Gasteiger partial charge >= 0.3 is 0 Å². The average Bonchev–Trinajstić information content (AvgIpc) is 2.97. The van der Waals surface area contributed by atoms with Crippen molar-refractivity contribution in [3.63, 3.8) is 0 Å². The molecule has 3 heteroatoms. The van der Waals surface area contributed by atoms with Gasteiger partial charge in [0.2, 0.25) is 16.6 Å². The first-order valence-electron chi connectivity index (χ1n) is 12.9. The number of benzene rings is 6. The first-order chi connectivity index (χ1) is 18.1. The second-order valence-corrected chi connectivity index (χ2v) is 17.1. The van der Waals surface area contributed by atoms with E-state index in [0.717, 1.165) is 0 Å². The topological polar surface area (TPSA) is 9.23 Å². The van der Waals surface area contributed by atoms with Gasteiger partial charge in [-0.15, -0.1) is 0 Å². The minimum atomic E-state index is -2.69. The van der Waals surface area contributed by atoms with Crippen molar-refractivity contribution in [1.82, 2.24) is 0 Å². The Balaban J connectivity index is 1.65. The molecule has 0 saturated carbocycles. The first-order valence-corrected chi connectivity index (χ1v) is 17.7. The summed E-state index contributed by atoms with van der Waals surface area (Å²) in [6.07, 6.45) is 0. The summed E-state index contributed by atoms with van der Waals surface area (Å²) in [4.78, 5) is 0. The maximum Gasteiger partial charge on any atom is 0.242 e. The van der Waals surface area contributed by atoms with Crippen molar-refractivity contribution >= 4 is 58.9 Å². The Morgan fingerprint density at radius 3 is 1.16 bits per heavy atom. The van der Waals surface area contributed by atoms with E-state index in [1.165, 1.54) is 42.3 Å². The molecule has 0 heterocycles. The van der Waals surface area contributed by atoms with E-state index in [0.29, 0.717) is 0 Å². The van der Waals surface area contributed by atoms with Crippen LogP contribution < -0.4 is 20.7 Å². The Kier molecular flexibility index (Phi) is 6.13. The van der Waals surface area contributed by atoms with Gasteiger partial charge in [0.1, 0.15) is 0 Å². The molecule has 1 nitrogen and oxygen atoms in total. The summed E-state index contributed by atoms with van der Waals surface area (Å²) >= 11 is 0. The lowest BCUT2D eigenvalue weighted by Crippen LogP contribution is -2.70. The zero-order valence-electron chi connectivity index (χ0n) is 21.3. The average molecular weight is 511 g/mol. The van der Waals surface area contributed by atoms with E-state index in [-0.39, 0.29) is 0 Å². The molecule has 0 bridgehead atoms. The number of rotatable bonds is 6. The van der Waals surface area contributed by atoms with Crippen LogP contribution in [-0.2, 0) is 4.12 Å². The van der Waals surface area contributed by atoms with Crippen LogP contribution in [0.1, 0.15) is 0 Å². The summed E-state index contributed by atoms with van der Waals surface area (Å²) in [6.45, 7) is 4.78. The molecule has 0 N–H and O–H groups in total. The smallest absolute Gasteiger partial charge is 0.242 e. The van der Waals surface area contributed by atoms with E-state index in [1.807, 2.05) is 0 Å². The van der Waals surface area contributed by atoms with Crippen molar-refractivity contribution in [2.45, 2.75) is 13.1 Å². The molecule has 6 rings (SSSR count). The molecule has 0 saturated heterocycles. The fourth-order valence-electron chi connectivity index (χ4n) is 5.74. The van der Waals surface area contributed by atoms with Crippen LogP contribution in [0.4, 0.5) is 0 Å². The first kappa shape index (κ1) is 23.6. The summed E-state index contributed by atoms with van der Waals surface area (Å²) in [7, 11) is -5.39. The van der Waals surface area contributed by atoms with Crippen molar-refractivity contribution in [1.29, 1.82) is 0 Å². The van der Waals surface area contributed by atoms with E-state index in [9.17, 15) is 0 Å². The molecule has 0 aromatic heterocycles. The van der Waals surface area contributed by atoms with Crippen molar-refractivity contribution in [2.75, 3.05) is 0 Å². The number of fused-ring (bicyclic) bond motifs is 2. The lowest BCUT2D eigenvalue weighted by Gasteiger charge is -2.40. The van der Waals surface area contributed by atoms with Gasteiger partial charge in [-0.3, -0.25) is 0 Å². The zero-order chi connectivity index (χ0) is 25.3. The number of hydrogen-bond acceptors (Lipinski definition) is 1. The summed E-state index contributed by atoms with van der Waals surface area (Å²) in [5.41, 5.74) is 0. The molecule has 0 fully saturated rings. The summed E-state index contributed by atoms with van der Waals surface area (Å²) in [5, 5.41) is 10.3. The molecule has 0 unspecified atom stereocenters. The van der Waals surface area contributed by atoms with Crippen molar-refractivity contribution < 1.29 is 4.12 Å². The van der Waals surface area contributed by atoms with Gasteiger partial charge in [-0.1, -0.05) is 146 Å². The SMILES string of the molecule is C[Si@@](O[Si@](C)(c1ccccc1)c1cccc2ccccc12)(c1ccccc1)c1cccc2ccccc12. The summed E-state index contributed by atoms with van der Waals surface area (Å²) in [6, 6.07) is 52.6. The second kappa shape index (κ2) is 9.60. The zero-order valence-corrected chi connectivity index (χ0v) is 23.3. The Bertz CT molecular complexity index is 1550. The largest absolute Gasteiger partial charge is 0.442 e. The van der Waals surface area contributed by atoms with Gasteiger partial charge in [0.05, 0.1) is 0 Å². The van der Waals surface area contributed by atoms with Gasteiger partial charge < -0.3 is 4.12 Å². The van der Waals surface area contributed by atoms with Crippen LogP contribution in [0.3, 0.4) is 0 Å². The molecule has 180 valence electrons. The van der Waals surface area contributed by atoms with Gasteiger partial charge in [0, 0.05) is 0 Å². The third-order valence-electron chi connectivity index (χ3n) is 7.66. The van der Waals surface area contributed by atoms with Crippen LogP contribution in [-0.4, -0.2) is 16.6 Å². The molecule has 0 amide bonds. The quantitative estimate of drug-likeness (QED) is 0.247. The molecular weight excluding hydrogens is 481 g/mol. The van der Waals surface area contributed by atoms with E-state index in [4.69, 9.17) is 4.12 Å². The molecule has 0 radical (unpaired) electrons. The highest BCUT2D eigenvalue weighted by Gasteiger charge is 2.46. The molecule has 0 aliphatic rings. The normalized spacial score (nSPS) is 14.8. The Morgan fingerprint density at radius 2 is 0.730 bits per heavy atom. The van der Waals surface area contributed by atoms with Crippen molar-refractivity contribution in [2.24, 2.45) is 0 Å². The maximum atomic E-state index is 7.86. The predicted molar refractivity (Wildman–Crippen MR) is 164 cm³/mol. The predicted octanol–water partition coefficient (Wildman–Crippen LogP) is 6.09. The molecule has 0 aliphatic carbocycles. The highest BCUT2D eigenvalue weighted by Crippen LogP contribution is 2.23. The van der Waals surface area contributed by atoms with Crippen LogP contribution in [0.5, 0.6) is 0 Å². The van der Waals surface area contributed by atoms with Gasteiger partial charge in [0.15, 0.2) is 0 Å². The van der Waals surface area contributed by atoms with Crippen molar-refractivity contribution in [3.05, 3.63) is 146 Å². The molecule has 37 heavy (non-hydrogen) atoms. The minimum Gasteiger partial charge on any atom is -0.442 e. The molecule has 2 atom stereocenters. The highest BCUT2D eigenvalue weighted by molar-refractivity contribution is 7.09.